The van der Waals surface area contributed by atoms with E-state index in [-0.39, 0.29) is 30.4 Å². The molecule has 690 valence electrons. The molecule has 136 heavy (non-hydrogen) atoms. The highest BCUT2D eigenvalue weighted by Crippen LogP contribution is 2.45. The van der Waals surface area contributed by atoms with Gasteiger partial charge in [0.15, 0.2) is 58.9 Å². The van der Waals surface area contributed by atoms with Crippen molar-refractivity contribution in [2.75, 3.05) is 0 Å². The smallest absolute Gasteiger partial charge is 0.227 e. The van der Waals surface area contributed by atoms with Gasteiger partial charge in [0.05, 0.1) is 29.2 Å². The summed E-state index contributed by atoms with van der Waals surface area (Å²) in [5, 5.41) is 9.32. The second-order valence-corrected chi connectivity index (χ2v) is 36.5. The van der Waals surface area contributed by atoms with Gasteiger partial charge in [0.25, 0.3) is 0 Å². The minimum atomic E-state index is -2.50. The SMILES string of the molecule is C#CC.CCc1ccc2c(n1)oc1c(-c3cc(C)c(C)c[n+]3C)c(C)ccc12.[2H]C(C)(C)c1ccc2c(n1)oc1c(-c3cc(C)c(C)c[n+]3C)c(C)ccc12.[2H]C([2H])([2H])C([2H])(C)c1ccc(-c2c(C)ccc3c2oc2nc(C4([2H])C([2H])([2H])CCCC4([2H])[2H])ccc23)[n+](C)c1.[2H]C([2H])([2H])C([2H])(C)c1ccc(-c2c(C)ccc3c2oc2nc(C4([2H])CCCC4([2H])[2H])ccc23)[n+](C)c1.[2H]c1ccc2c(n1)oc1c(-c3cc(C)c(C)c[n+]3C)c(C)ccc12. The molecule has 22 rings (SSSR count). The van der Waals surface area contributed by atoms with Crippen LogP contribution in [0.4, 0.5) is 0 Å². The molecular weight excluding hydrogens is 1670 g/mol. The number of hydrogen-bond donors (Lipinski definition) is 0. The molecular formula is C121H131N10O5+5. The molecule has 0 spiro atoms. The van der Waals surface area contributed by atoms with Crippen molar-refractivity contribution < 1.29 is 69.6 Å². The first-order valence-corrected chi connectivity index (χ1v) is 46.5. The molecule has 2 fully saturated rings. The number of nitrogens with zero attached hydrogens (tertiary/aromatic N) is 10. The molecule has 2 aliphatic rings. The van der Waals surface area contributed by atoms with Crippen molar-refractivity contribution in [3.8, 4) is 68.6 Å². The number of fused-ring (bicyclic) bond motifs is 15. The summed E-state index contributed by atoms with van der Waals surface area (Å²) in [6, 6.07) is 52.8. The van der Waals surface area contributed by atoms with Crippen molar-refractivity contribution in [3.05, 3.63) is 296 Å². The van der Waals surface area contributed by atoms with Crippen LogP contribution in [0.3, 0.4) is 0 Å². The Bertz CT molecular complexity index is 9010. The quantitative estimate of drug-likeness (QED) is 0.0904. The van der Waals surface area contributed by atoms with Crippen LogP contribution in [0.2, 0.25) is 0 Å². The molecule has 0 aliphatic heterocycles. The van der Waals surface area contributed by atoms with Gasteiger partial charge in [-0.25, -0.2) is 47.8 Å². The van der Waals surface area contributed by atoms with Crippen molar-refractivity contribution in [3.63, 3.8) is 0 Å². The maximum Gasteiger partial charge on any atom is 0.227 e. The van der Waals surface area contributed by atoms with Crippen molar-refractivity contribution >= 4 is 110 Å². The van der Waals surface area contributed by atoms with Gasteiger partial charge in [-0.15, -0.1) is 12.3 Å². The molecule has 5 aromatic carbocycles. The summed E-state index contributed by atoms with van der Waals surface area (Å²) >= 11 is 0. The van der Waals surface area contributed by atoms with Crippen LogP contribution in [0.15, 0.2) is 223 Å². The van der Waals surface area contributed by atoms with Gasteiger partial charge in [-0.2, -0.15) is 0 Å². The lowest BCUT2D eigenvalue weighted by Gasteiger charge is -2.20. The zero-order chi connectivity index (χ0) is 112. The summed E-state index contributed by atoms with van der Waals surface area (Å²) in [5.74, 6) is -5.65. The molecule has 15 heterocycles. The third-order valence-electron chi connectivity index (χ3n) is 26.5. The molecule has 0 saturated heterocycles. The topological polar surface area (TPSA) is 150 Å². The molecule has 15 heteroatoms. The molecule has 20 aromatic rings. The van der Waals surface area contributed by atoms with Crippen molar-refractivity contribution in [2.24, 2.45) is 35.2 Å². The van der Waals surface area contributed by atoms with Gasteiger partial charge in [0, 0.05) is 176 Å². The average molecular weight is 1820 g/mol. The van der Waals surface area contributed by atoms with Gasteiger partial charge in [-0.05, 0) is 250 Å². The average Bonchev–Trinajstić information content (AvgIpc) is 1.10. The first kappa shape index (κ1) is 73.5. The van der Waals surface area contributed by atoms with E-state index in [0.717, 1.165) is 150 Å². The summed E-state index contributed by atoms with van der Waals surface area (Å²) in [6.45, 7) is 28.3. The van der Waals surface area contributed by atoms with Crippen LogP contribution in [0.5, 0.6) is 0 Å². The molecule has 2 aliphatic carbocycles. The largest absolute Gasteiger partial charge is 0.437 e. The molecule has 3 unspecified atom stereocenters. The number of hydrogen-bond acceptors (Lipinski definition) is 10. The van der Waals surface area contributed by atoms with Gasteiger partial charge in [0.1, 0.15) is 35.2 Å². The Morgan fingerprint density at radius 2 is 0.706 bits per heavy atom. The number of benzene rings is 5. The van der Waals surface area contributed by atoms with Crippen molar-refractivity contribution in [1.82, 2.24) is 24.9 Å². The number of pyridine rings is 10. The van der Waals surface area contributed by atoms with E-state index in [9.17, 15) is 0 Å². The standard InChI is InChI=1S/C27H31N2O.C26H29N2O.C23H25N2O.C22H23N2O.C20H19N2O.C3H4/c1-17(2)20-11-15-24(29(4)16-20)25-18(3)10-12-21-22-13-14-23(19-8-6-5-7-9-19)28-27(22)30-26(21)25;1-16(2)19-10-14-23(28(4)15-19)24-17(3)9-11-20-21-12-13-22(18-7-5-6-8-18)27-26(21)29-25(20)24;1-13(2)19-10-9-18-17-8-7-14(3)21(22(17)26-23(18)24-19)20-11-15(4)16(5)12-25(20)6;1-6-16-8-10-18-17-9-7-13(2)20(21(17)25-22(18)23-16)19-11-14(3)15(4)12-24(19)5;1-12-7-8-15-16-6-5-9-21-20(16)23-19(15)18(12)17-10-13(2)14(3)11-22(17)4;1-3-2/h10-17,19H,5-9H2,1-4H3;9-16,18H,5-8H2,1-4H3;7-13H,1-6H3;7-12H,6H2,1-5H3;5-11H,1-4H3;1H,2H3/q5*+1;/i1D3,8D2,9D2,17D,19D;1D3,7D2,16D,18D;13D;;9D;. The highest BCUT2D eigenvalue weighted by molar-refractivity contribution is 6.13. The van der Waals surface area contributed by atoms with E-state index in [4.69, 9.17) is 46.8 Å². The van der Waals surface area contributed by atoms with E-state index < -0.39 is 62.3 Å². The second-order valence-electron chi connectivity index (χ2n) is 36.5. The summed E-state index contributed by atoms with van der Waals surface area (Å²) in [6.07, 6.45) is 11.6. The minimum absolute atomic E-state index is 0.00339. The number of furan rings is 5. The number of terminal acetylenes is 1. The van der Waals surface area contributed by atoms with E-state index in [1.807, 2.05) is 93.9 Å². The summed E-state index contributed by atoms with van der Waals surface area (Å²) in [5.41, 5.74) is 31.9. The second kappa shape index (κ2) is 39.2. The fourth-order valence-electron chi connectivity index (χ4n) is 18.6. The van der Waals surface area contributed by atoms with Crippen molar-refractivity contribution in [1.29, 1.82) is 0 Å². The zero-order valence-corrected chi connectivity index (χ0v) is 82.0. The van der Waals surface area contributed by atoms with Crippen LogP contribution in [0.25, 0.3) is 167 Å². The highest BCUT2D eigenvalue weighted by atomic mass is 16.4. The maximum absolute atomic E-state index is 9.02. The Balaban J connectivity index is 0.000000131. The van der Waals surface area contributed by atoms with Crippen LogP contribution < -0.4 is 22.8 Å². The monoisotopic (exact) mass is 1820 g/mol. The molecule has 0 N–H and O–H groups in total. The lowest BCUT2D eigenvalue weighted by molar-refractivity contribution is -0.661. The predicted molar refractivity (Wildman–Crippen MR) is 556 cm³/mol. The minimum Gasteiger partial charge on any atom is -0.437 e. The lowest BCUT2D eigenvalue weighted by Crippen LogP contribution is -2.31. The molecule has 2 saturated carbocycles. The molecule has 0 amide bonds. The van der Waals surface area contributed by atoms with E-state index in [1.165, 1.54) is 70.1 Å². The van der Waals surface area contributed by atoms with Gasteiger partial charge in [-0.3, -0.25) is 0 Å². The van der Waals surface area contributed by atoms with Gasteiger partial charge < -0.3 is 22.1 Å². The van der Waals surface area contributed by atoms with Gasteiger partial charge >= 0.3 is 0 Å². The first-order chi connectivity index (χ1) is 72.1. The highest BCUT2D eigenvalue weighted by Gasteiger charge is 2.31. The number of aryl methyl sites for hydroxylation is 17. The Kier molecular flexibility index (Phi) is 21.2. The van der Waals surface area contributed by atoms with Crippen LogP contribution in [-0.2, 0) is 41.7 Å². The summed E-state index contributed by atoms with van der Waals surface area (Å²) in [7, 11) is 9.82. The molecule has 0 bridgehead atoms. The Morgan fingerprint density at radius 3 is 1.08 bits per heavy atom. The van der Waals surface area contributed by atoms with Gasteiger partial charge in [-0.1, -0.05) is 141 Å². The van der Waals surface area contributed by atoms with Gasteiger partial charge in [0.2, 0.25) is 57.0 Å². The van der Waals surface area contributed by atoms with Crippen LogP contribution in [0.1, 0.15) is 262 Å². The molecule has 15 aromatic heterocycles. The van der Waals surface area contributed by atoms with Crippen LogP contribution >= 0.6 is 0 Å². The maximum atomic E-state index is 9.02. The first-order valence-electron chi connectivity index (χ1n) is 55.5. The Labute approximate surface area is 825 Å². The third-order valence-corrected chi connectivity index (χ3v) is 26.5. The Morgan fingerprint density at radius 1 is 0.375 bits per heavy atom. The molecule has 0 radical (unpaired) electrons. The molecule has 15 nitrogen and oxygen atoms in total. The van der Waals surface area contributed by atoms with E-state index >= 15 is 0 Å². The van der Waals surface area contributed by atoms with Crippen LogP contribution in [-0.4, -0.2) is 24.9 Å². The van der Waals surface area contributed by atoms with E-state index in [1.54, 1.807) is 67.3 Å². The lowest BCUT2D eigenvalue weighted by atomic mass is 9.86. The van der Waals surface area contributed by atoms with E-state index in [2.05, 4.69) is 227 Å². The summed E-state index contributed by atoms with van der Waals surface area (Å²) < 4.78 is 189. The summed E-state index contributed by atoms with van der Waals surface area (Å²) in [4.78, 5) is 22.7. The number of aromatic nitrogens is 10. The fraction of sp³-hybridized carbons (Fsp3) is 0.322. The molecule has 3 atom stereocenters. The van der Waals surface area contributed by atoms with Crippen molar-refractivity contribution in [2.45, 2.75) is 225 Å². The fourth-order valence-corrected chi connectivity index (χ4v) is 18.6. The number of rotatable bonds is 11. The third kappa shape index (κ3) is 18.3. The van der Waals surface area contributed by atoms with Crippen LogP contribution in [0, 0.1) is 88.5 Å². The Hall–Kier alpha value is -13.8. The normalized spacial score (nSPS) is 18.4. The zero-order valence-electron chi connectivity index (χ0n) is 100. The van der Waals surface area contributed by atoms with E-state index in [0.29, 0.717) is 81.9 Å². The predicted octanol–water partition coefficient (Wildman–Crippen LogP) is 29.0.